The number of allylic oxidation sites excluding steroid dienone is 1. The number of hydrogen-bond donors (Lipinski definition) is 4. The van der Waals surface area contributed by atoms with Gasteiger partial charge in [-0.2, -0.15) is 0 Å². The number of primary amides is 1. The van der Waals surface area contributed by atoms with Crippen LogP contribution in [0.4, 0.5) is 10.8 Å². The van der Waals surface area contributed by atoms with E-state index in [0.29, 0.717) is 40.0 Å². The van der Waals surface area contributed by atoms with E-state index in [4.69, 9.17) is 22.3 Å². The van der Waals surface area contributed by atoms with Gasteiger partial charge in [0, 0.05) is 25.3 Å². The molecule has 2 bridgehead atoms. The zero-order chi connectivity index (χ0) is 22.9. The van der Waals surface area contributed by atoms with Gasteiger partial charge in [-0.15, -0.1) is 0 Å². The van der Waals surface area contributed by atoms with Gasteiger partial charge in [0.15, 0.2) is 21.8 Å². The van der Waals surface area contributed by atoms with Crippen molar-refractivity contribution in [1.29, 1.82) is 0 Å². The number of H-pyrrole nitrogens is 1. The number of carbonyl (C=O) groups excluding carboxylic acids is 1. The first-order valence-corrected chi connectivity index (χ1v) is 12.8. The molecule has 6 rings (SSSR count). The van der Waals surface area contributed by atoms with E-state index in [9.17, 15) is 9.90 Å². The minimum Gasteiger partial charge on any atom is -0.391 e. The Kier molecular flexibility index (Phi) is 5.13. The summed E-state index contributed by atoms with van der Waals surface area (Å²) in [5.41, 5.74) is 7.76. The SMILES string of the molecule is NC(=O)[C@@H]1[C@H](Nc2c(Br)cnc3[nH]c(-c4sc(N5CC[C@@H](O)C5)nc4Cl)nc23)[C@H]2C=C[C@@H]1C2. The van der Waals surface area contributed by atoms with E-state index in [1.807, 2.05) is 4.90 Å². The van der Waals surface area contributed by atoms with Gasteiger partial charge in [-0.25, -0.2) is 15.0 Å². The van der Waals surface area contributed by atoms with Crippen LogP contribution in [-0.4, -0.2) is 56.2 Å². The fourth-order valence-corrected chi connectivity index (χ4v) is 6.91. The van der Waals surface area contributed by atoms with E-state index >= 15 is 0 Å². The molecule has 9 nitrogen and oxygen atoms in total. The standard InChI is InChI=1S/C21H21BrClN7O2S/c22-11-6-25-19-15(14(11)26-13-9-2-1-8(5-9)12(13)18(24)32)27-20(29-19)16-17(23)28-21(33-16)30-4-3-10(31)7-30/h1-2,6,8-10,12-13,31H,3-5,7H2,(H2,24,32)(H2,25,26,27,29)/t8-,9+,10-,12+,13-/m1/s1. The first kappa shape index (κ1) is 21.3. The smallest absolute Gasteiger partial charge is 0.223 e. The highest BCUT2D eigenvalue weighted by Crippen LogP contribution is 2.46. The molecule has 0 unspecified atom stereocenters. The van der Waals surface area contributed by atoms with Crippen molar-refractivity contribution in [3.05, 3.63) is 28.0 Å². The molecule has 5 N–H and O–H groups in total. The summed E-state index contributed by atoms with van der Waals surface area (Å²) in [6.45, 7) is 1.29. The zero-order valence-electron chi connectivity index (χ0n) is 17.3. The maximum atomic E-state index is 12.2. The number of rotatable bonds is 5. The third-order valence-corrected chi connectivity index (χ3v) is 8.90. The van der Waals surface area contributed by atoms with E-state index in [1.54, 1.807) is 6.20 Å². The molecular formula is C21H21BrClN7O2S. The van der Waals surface area contributed by atoms with Crippen LogP contribution >= 0.6 is 38.9 Å². The summed E-state index contributed by atoms with van der Waals surface area (Å²) < 4.78 is 0.755. The van der Waals surface area contributed by atoms with Crippen LogP contribution in [0.25, 0.3) is 21.9 Å². The number of fused-ring (bicyclic) bond motifs is 3. The summed E-state index contributed by atoms with van der Waals surface area (Å²) in [4.78, 5) is 31.9. The second-order valence-electron chi connectivity index (χ2n) is 8.82. The second kappa shape index (κ2) is 7.93. The van der Waals surface area contributed by atoms with Crippen LogP contribution in [-0.2, 0) is 4.79 Å². The number of halogens is 2. The normalized spacial score (nSPS) is 28.3. The average Bonchev–Trinajstić information content (AvgIpc) is 3.57. The number of thiazole rings is 1. The summed E-state index contributed by atoms with van der Waals surface area (Å²) in [7, 11) is 0. The van der Waals surface area contributed by atoms with Crippen molar-refractivity contribution in [1.82, 2.24) is 19.9 Å². The number of amides is 1. The van der Waals surface area contributed by atoms with Crippen molar-refractivity contribution in [2.45, 2.75) is 25.0 Å². The summed E-state index contributed by atoms with van der Waals surface area (Å²) in [6.07, 6.45) is 7.27. The number of pyridine rings is 1. The Hall–Kier alpha value is -2.21. The van der Waals surface area contributed by atoms with Gasteiger partial charge in [0.1, 0.15) is 10.4 Å². The molecule has 5 atom stereocenters. The molecule has 2 fully saturated rings. The lowest BCUT2D eigenvalue weighted by Crippen LogP contribution is -2.41. The third-order valence-electron chi connectivity index (χ3n) is 6.79. The highest BCUT2D eigenvalue weighted by atomic mass is 79.9. The molecule has 2 aliphatic carbocycles. The number of hydrogen-bond acceptors (Lipinski definition) is 8. The fraction of sp³-hybridized carbons (Fsp3) is 0.429. The molecule has 3 aliphatic rings. The fourth-order valence-electron chi connectivity index (χ4n) is 5.24. The third kappa shape index (κ3) is 3.52. The van der Waals surface area contributed by atoms with Gasteiger partial charge in [0.2, 0.25) is 5.91 Å². The monoisotopic (exact) mass is 549 g/mol. The van der Waals surface area contributed by atoms with Gasteiger partial charge < -0.3 is 26.0 Å². The Bertz CT molecular complexity index is 1290. The van der Waals surface area contributed by atoms with Crippen molar-refractivity contribution < 1.29 is 9.90 Å². The molecule has 3 aromatic rings. The number of imidazole rings is 1. The Labute approximate surface area is 206 Å². The number of nitrogens with zero attached hydrogens (tertiary/aromatic N) is 4. The second-order valence-corrected chi connectivity index (χ2v) is 11.0. The number of β-amino-alcohol motifs (C(OH)–C–C–N with tert-alkyl or cyclic N) is 1. The molecule has 172 valence electrons. The molecule has 0 spiro atoms. The summed E-state index contributed by atoms with van der Waals surface area (Å²) in [5, 5.41) is 14.5. The summed E-state index contributed by atoms with van der Waals surface area (Å²) in [6, 6.07) is -0.0975. The average molecular weight is 551 g/mol. The number of aliphatic hydroxyl groups is 1. The first-order valence-electron chi connectivity index (χ1n) is 10.8. The lowest BCUT2D eigenvalue weighted by molar-refractivity contribution is -0.122. The number of aromatic amines is 1. The number of nitrogens with two attached hydrogens (primary N) is 1. The van der Waals surface area contributed by atoms with E-state index in [2.05, 4.69) is 48.4 Å². The van der Waals surface area contributed by atoms with Gasteiger partial charge in [0.05, 0.1) is 22.2 Å². The number of nitrogens with one attached hydrogen (secondary N) is 2. The van der Waals surface area contributed by atoms with Crippen LogP contribution < -0.4 is 16.0 Å². The Morgan fingerprint density at radius 2 is 2.18 bits per heavy atom. The first-order chi connectivity index (χ1) is 15.9. The van der Waals surface area contributed by atoms with Crippen LogP contribution in [0.5, 0.6) is 0 Å². The Morgan fingerprint density at radius 1 is 1.36 bits per heavy atom. The zero-order valence-corrected chi connectivity index (χ0v) is 20.5. The topological polar surface area (TPSA) is 133 Å². The maximum Gasteiger partial charge on any atom is 0.223 e. The van der Waals surface area contributed by atoms with Crippen LogP contribution in [0.1, 0.15) is 12.8 Å². The van der Waals surface area contributed by atoms with Crippen molar-refractivity contribution in [2.75, 3.05) is 23.3 Å². The number of aromatic nitrogens is 4. The van der Waals surface area contributed by atoms with Crippen LogP contribution in [0.2, 0.25) is 5.15 Å². The van der Waals surface area contributed by atoms with Crippen LogP contribution in [0.15, 0.2) is 22.8 Å². The highest BCUT2D eigenvalue weighted by Gasteiger charge is 2.47. The minimum atomic E-state index is -0.345. The molecule has 1 amide bonds. The van der Waals surface area contributed by atoms with Crippen LogP contribution in [0.3, 0.4) is 0 Å². The molecule has 4 heterocycles. The molecule has 0 aromatic carbocycles. The molecule has 1 saturated carbocycles. The predicted molar refractivity (Wildman–Crippen MR) is 131 cm³/mol. The van der Waals surface area contributed by atoms with Gasteiger partial charge >= 0.3 is 0 Å². The highest BCUT2D eigenvalue weighted by molar-refractivity contribution is 9.10. The lowest BCUT2D eigenvalue weighted by atomic mass is 9.88. The van der Waals surface area contributed by atoms with Crippen molar-refractivity contribution in [3.63, 3.8) is 0 Å². The Balaban J connectivity index is 1.36. The molecule has 0 radical (unpaired) electrons. The maximum absolute atomic E-state index is 12.2. The molecule has 12 heteroatoms. The Morgan fingerprint density at radius 3 is 2.94 bits per heavy atom. The van der Waals surface area contributed by atoms with E-state index < -0.39 is 0 Å². The van der Waals surface area contributed by atoms with E-state index in [1.165, 1.54) is 11.3 Å². The molecular weight excluding hydrogens is 530 g/mol. The summed E-state index contributed by atoms with van der Waals surface area (Å²) >= 11 is 11.5. The minimum absolute atomic E-state index is 0.0975. The van der Waals surface area contributed by atoms with Crippen molar-refractivity contribution in [3.8, 4) is 10.7 Å². The van der Waals surface area contributed by atoms with Gasteiger partial charge in [-0.3, -0.25) is 4.79 Å². The number of anilines is 2. The quantitative estimate of drug-likeness (QED) is 0.359. The van der Waals surface area contributed by atoms with E-state index in [-0.39, 0.29) is 35.8 Å². The lowest BCUT2D eigenvalue weighted by Gasteiger charge is -2.28. The van der Waals surface area contributed by atoms with E-state index in [0.717, 1.165) is 28.3 Å². The molecule has 1 saturated heterocycles. The largest absolute Gasteiger partial charge is 0.391 e. The molecule has 3 aromatic heterocycles. The molecule has 1 aliphatic heterocycles. The van der Waals surface area contributed by atoms with Crippen molar-refractivity contribution >= 4 is 66.8 Å². The van der Waals surface area contributed by atoms with Gasteiger partial charge in [-0.05, 0) is 40.6 Å². The number of aliphatic hydroxyl groups excluding tert-OH is 1. The molecule has 33 heavy (non-hydrogen) atoms. The van der Waals surface area contributed by atoms with Gasteiger partial charge in [-0.1, -0.05) is 35.1 Å². The van der Waals surface area contributed by atoms with Crippen molar-refractivity contribution in [2.24, 2.45) is 23.5 Å². The van der Waals surface area contributed by atoms with Gasteiger partial charge in [0.25, 0.3) is 0 Å². The predicted octanol–water partition coefficient (Wildman–Crippen LogP) is 3.16. The summed E-state index contributed by atoms with van der Waals surface area (Å²) in [5.74, 6) is 0.448. The number of carbonyl (C=O) groups is 1. The van der Waals surface area contributed by atoms with Crippen LogP contribution in [0, 0.1) is 17.8 Å².